The lowest BCUT2D eigenvalue weighted by Gasteiger charge is -2.22. The van der Waals surface area contributed by atoms with Gasteiger partial charge in [0.05, 0.1) is 11.4 Å². The third-order valence-corrected chi connectivity index (χ3v) is 5.05. The molecule has 1 aromatic carbocycles. The maximum absolute atomic E-state index is 6.06. The van der Waals surface area contributed by atoms with E-state index in [-0.39, 0.29) is 0 Å². The lowest BCUT2D eigenvalue weighted by Crippen LogP contribution is -2.22. The van der Waals surface area contributed by atoms with Crippen LogP contribution in [0, 0.1) is 5.92 Å². The maximum Gasteiger partial charge on any atom is 0.131 e. The van der Waals surface area contributed by atoms with Crippen LogP contribution in [0.25, 0.3) is 11.3 Å². The normalized spacial score (nSPS) is 14.6. The Morgan fingerprint density at radius 2 is 1.86 bits per heavy atom. The summed E-state index contributed by atoms with van der Waals surface area (Å²) >= 11 is 6.06. The van der Waals surface area contributed by atoms with E-state index < -0.39 is 0 Å². The van der Waals surface area contributed by atoms with Gasteiger partial charge in [0, 0.05) is 48.4 Å². The number of halogens is 1. The monoisotopic (exact) mass is 394 g/mol. The summed E-state index contributed by atoms with van der Waals surface area (Å²) in [6.07, 6.45) is 5.92. The van der Waals surface area contributed by atoms with Gasteiger partial charge in [0.25, 0.3) is 0 Å². The van der Waals surface area contributed by atoms with Crippen LogP contribution in [0.1, 0.15) is 12.8 Å². The first-order chi connectivity index (χ1) is 13.8. The number of benzene rings is 1. The van der Waals surface area contributed by atoms with Crippen molar-refractivity contribution < 1.29 is 4.74 Å². The fourth-order valence-corrected chi connectivity index (χ4v) is 3.46. The molecule has 0 amide bonds. The number of aromatic nitrogens is 2. The highest BCUT2D eigenvalue weighted by Gasteiger charge is 2.13. The smallest absolute Gasteiger partial charge is 0.131 e. The second-order valence-corrected chi connectivity index (χ2v) is 7.38. The molecule has 3 aromatic rings. The quantitative estimate of drug-likeness (QED) is 0.587. The first kappa shape index (κ1) is 18.7. The first-order valence-corrected chi connectivity index (χ1v) is 9.91. The second-order valence-electron chi connectivity index (χ2n) is 6.94. The molecule has 0 unspecified atom stereocenters. The van der Waals surface area contributed by atoms with E-state index in [9.17, 15) is 0 Å². The average Bonchev–Trinajstić information content (AvgIpc) is 2.73. The summed E-state index contributed by atoms with van der Waals surface area (Å²) in [5, 5.41) is 7.49. The van der Waals surface area contributed by atoms with Crippen molar-refractivity contribution in [3.63, 3.8) is 0 Å². The van der Waals surface area contributed by atoms with Crippen LogP contribution in [0.2, 0.25) is 5.02 Å². The van der Waals surface area contributed by atoms with Gasteiger partial charge in [0.15, 0.2) is 0 Å². The molecule has 4 rings (SSSR count). The van der Waals surface area contributed by atoms with Crippen LogP contribution in [0.4, 0.5) is 17.2 Å². The lowest BCUT2D eigenvalue weighted by atomic mass is 10.0. The first-order valence-electron chi connectivity index (χ1n) is 9.53. The fourth-order valence-electron chi connectivity index (χ4n) is 3.27. The number of hydrogen-bond acceptors (Lipinski definition) is 5. The molecule has 1 aliphatic heterocycles. The van der Waals surface area contributed by atoms with Crippen LogP contribution < -0.4 is 10.6 Å². The summed E-state index contributed by atoms with van der Waals surface area (Å²) in [6.45, 7) is 2.67. The Bertz CT molecular complexity index is 928. The Balaban J connectivity index is 1.46. The summed E-state index contributed by atoms with van der Waals surface area (Å²) in [6, 6.07) is 15.6. The van der Waals surface area contributed by atoms with Gasteiger partial charge in [0.1, 0.15) is 5.82 Å². The SMILES string of the molecule is Clc1cccc(Nc2cccc(-c3cncc(NCC4CCOCC4)c3)n2)c1. The van der Waals surface area contributed by atoms with E-state index in [2.05, 4.69) is 21.7 Å². The summed E-state index contributed by atoms with van der Waals surface area (Å²) in [4.78, 5) is 9.11. The minimum atomic E-state index is 0.653. The fraction of sp³-hybridized carbons (Fsp3) is 0.273. The van der Waals surface area contributed by atoms with E-state index in [1.807, 2.05) is 54.9 Å². The molecule has 6 heteroatoms. The minimum Gasteiger partial charge on any atom is -0.384 e. The summed E-state index contributed by atoms with van der Waals surface area (Å²) in [5.41, 5.74) is 3.77. The molecule has 144 valence electrons. The number of rotatable bonds is 6. The summed E-state index contributed by atoms with van der Waals surface area (Å²) < 4.78 is 5.43. The Morgan fingerprint density at radius 3 is 2.71 bits per heavy atom. The van der Waals surface area contributed by atoms with Gasteiger partial charge < -0.3 is 15.4 Å². The number of ether oxygens (including phenoxy) is 1. The molecule has 28 heavy (non-hydrogen) atoms. The highest BCUT2D eigenvalue weighted by Crippen LogP contribution is 2.24. The van der Waals surface area contributed by atoms with Gasteiger partial charge in [-0.05, 0) is 55.2 Å². The maximum atomic E-state index is 6.06. The standard InChI is InChI=1S/C22H23ClN4O/c23-18-3-1-4-19(12-18)26-22-6-2-5-21(27-22)17-11-20(15-24-14-17)25-13-16-7-9-28-10-8-16/h1-6,11-12,14-16,25H,7-10,13H2,(H,26,27). The molecule has 0 atom stereocenters. The van der Waals surface area contributed by atoms with Crippen molar-refractivity contribution in [2.75, 3.05) is 30.4 Å². The van der Waals surface area contributed by atoms with Crippen LogP contribution in [-0.2, 0) is 4.74 Å². The molecule has 0 saturated carbocycles. The molecular formula is C22H23ClN4O. The highest BCUT2D eigenvalue weighted by atomic mass is 35.5. The molecule has 0 bridgehead atoms. The molecule has 3 heterocycles. The van der Waals surface area contributed by atoms with Crippen molar-refractivity contribution in [3.05, 3.63) is 65.9 Å². The number of nitrogens with zero attached hydrogens (tertiary/aromatic N) is 2. The van der Waals surface area contributed by atoms with Gasteiger partial charge in [-0.25, -0.2) is 4.98 Å². The average molecular weight is 395 g/mol. The number of anilines is 3. The van der Waals surface area contributed by atoms with Gasteiger partial charge in [-0.1, -0.05) is 23.7 Å². The van der Waals surface area contributed by atoms with Crippen molar-refractivity contribution in [1.29, 1.82) is 0 Å². The Kier molecular flexibility index (Phi) is 6.04. The molecule has 1 fully saturated rings. The van der Waals surface area contributed by atoms with E-state index in [1.54, 1.807) is 0 Å². The highest BCUT2D eigenvalue weighted by molar-refractivity contribution is 6.30. The van der Waals surface area contributed by atoms with Gasteiger partial charge >= 0.3 is 0 Å². The van der Waals surface area contributed by atoms with Crippen LogP contribution >= 0.6 is 11.6 Å². The second kappa shape index (κ2) is 9.04. The molecule has 0 radical (unpaired) electrons. The zero-order valence-electron chi connectivity index (χ0n) is 15.6. The molecule has 0 aliphatic carbocycles. The van der Waals surface area contributed by atoms with Crippen LogP contribution in [0.3, 0.4) is 0 Å². The molecule has 1 aliphatic rings. The molecule has 2 N–H and O–H groups in total. The van der Waals surface area contributed by atoms with Gasteiger partial charge in [0.2, 0.25) is 0 Å². The molecular weight excluding hydrogens is 372 g/mol. The minimum absolute atomic E-state index is 0.653. The third-order valence-electron chi connectivity index (χ3n) is 4.82. The van der Waals surface area contributed by atoms with Gasteiger partial charge in [-0.3, -0.25) is 4.98 Å². The zero-order valence-corrected chi connectivity index (χ0v) is 16.3. The predicted molar refractivity (Wildman–Crippen MR) is 114 cm³/mol. The van der Waals surface area contributed by atoms with E-state index in [1.165, 1.54) is 0 Å². The van der Waals surface area contributed by atoms with E-state index in [0.717, 1.165) is 61.1 Å². The molecule has 1 saturated heterocycles. The molecule has 5 nitrogen and oxygen atoms in total. The van der Waals surface area contributed by atoms with Crippen LogP contribution in [0.15, 0.2) is 60.9 Å². The Hall–Kier alpha value is -2.63. The Labute approximate surface area is 170 Å². The van der Waals surface area contributed by atoms with E-state index in [0.29, 0.717) is 10.9 Å². The number of hydrogen-bond donors (Lipinski definition) is 2. The largest absolute Gasteiger partial charge is 0.384 e. The van der Waals surface area contributed by atoms with E-state index >= 15 is 0 Å². The summed E-state index contributed by atoms with van der Waals surface area (Å²) in [5.74, 6) is 1.42. The molecule has 2 aromatic heterocycles. The van der Waals surface area contributed by atoms with E-state index in [4.69, 9.17) is 21.3 Å². The number of nitrogens with one attached hydrogen (secondary N) is 2. The van der Waals surface area contributed by atoms with Crippen LogP contribution in [-0.4, -0.2) is 29.7 Å². The number of pyridine rings is 2. The topological polar surface area (TPSA) is 59.1 Å². The van der Waals surface area contributed by atoms with Crippen LogP contribution in [0.5, 0.6) is 0 Å². The van der Waals surface area contributed by atoms with Crippen molar-refractivity contribution in [2.24, 2.45) is 5.92 Å². The van der Waals surface area contributed by atoms with Crippen molar-refractivity contribution in [1.82, 2.24) is 9.97 Å². The Morgan fingerprint density at radius 1 is 1.00 bits per heavy atom. The van der Waals surface area contributed by atoms with Crippen molar-refractivity contribution in [2.45, 2.75) is 12.8 Å². The van der Waals surface area contributed by atoms with Crippen molar-refractivity contribution in [3.8, 4) is 11.3 Å². The van der Waals surface area contributed by atoms with Gasteiger partial charge in [-0.2, -0.15) is 0 Å². The lowest BCUT2D eigenvalue weighted by molar-refractivity contribution is 0.0699. The third kappa shape index (κ3) is 5.00. The summed E-state index contributed by atoms with van der Waals surface area (Å²) in [7, 11) is 0. The predicted octanol–water partition coefficient (Wildman–Crippen LogP) is 5.38. The van der Waals surface area contributed by atoms with Crippen molar-refractivity contribution >= 4 is 28.8 Å². The van der Waals surface area contributed by atoms with Gasteiger partial charge in [-0.15, -0.1) is 0 Å². The molecule has 0 spiro atoms. The zero-order chi connectivity index (χ0) is 19.2.